The minimum Gasteiger partial charge on any atom is -0.469 e. The number of fused-ring (bicyclic) bond motifs is 1. The van der Waals surface area contributed by atoms with Gasteiger partial charge < -0.3 is 15.4 Å². The highest BCUT2D eigenvalue weighted by Gasteiger charge is 2.42. The van der Waals surface area contributed by atoms with Crippen molar-refractivity contribution in [3.63, 3.8) is 0 Å². The van der Waals surface area contributed by atoms with E-state index in [2.05, 4.69) is 15.4 Å². The van der Waals surface area contributed by atoms with E-state index in [0.717, 1.165) is 27.7 Å². The molecule has 0 spiro atoms. The summed E-state index contributed by atoms with van der Waals surface area (Å²) in [6.07, 6.45) is -4.12. The van der Waals surface area contributed by atoms with Crippen molar-refractivity contribution in [3.8, 4) is 11.1 Å². The summed E-state index contributed by atoms with van der Waals surface area (Å²) in [7, 11) is -2.90. The molecule has 0 fully saturated rings. The number of halogens is 3. The first-order valence-electron chi connectivity index (χ1n) is 14.0. The van der Waals surface area contributed by atoms with E-state index in [-0.39, 0.29) is 30.3 Å². The van der Waals surface area contributed by atoms with Crippen molar-refractivity contribution < 1.29 is 35.9 Å². The molecule has 1 atom stereocenters. The van der Waals surface area contributed by atoms with Crippen LogP contribution in [0.15, 0.2) is 102 Å². The van der Waals surface area contributed by atoms with Gasteiger partial charge in [0.1, 0.15) is 6.04 Å². The van der Waals surface area contributed by atoms with Gasteiger partial charge in [-0.3, -0.25) is 13.9 Å². The first-order valence-corrected chi connectivity index (χ1v) is 15.5. The molecule has 0 aromatic heterocycles. The number of nitrogens with one attached hydrogen (secondary N) is 2. The van der Waals surface area contributed by atoms with Gasteiger partial charge in [-0.05, 0) is 64.7 Å². The molecule has 0 aliphatic carbocycles. The Morgan fingerprint density at radius 2 is 1.62 bits per heavy atom. The summed E-state index contributed by atoms with van der Waals surface area (Å²) in [5.41, 5.74) is 2.57. The average molecular weight is 638 g/mol. The van der Waals surface area contributed by atoms with Gasteiger partial charge in [0.2, 0.25) is 5.91 Å². The number of hydrogen-bond donors (Lipinski definition) is 2. The number of esters is 1. The molecule has 1 heterocycles. The normalized spacial score (nSPS) is 14.5. The summed E-state index contributed by atoms with van der Waals surface area (Å²) in [4.78, 5) is 24.7. The molecule has 1 aliphatic rings. The van der Waals surface area contributed by atoms with Crippen LogP contribution >= 0.6 is 0 Å². The predicted octanol–water partition coefficient (Wildman–Crippen LogP) is 5.78. The smallest absolute Gasteiger partial charge is 0.416 e. The molecule has 45 heavy (non-hydrogen) atoms. The van der Waals surface area contributed by atoms with Crippen LogP contribution in [0.1, 0.15) is 23.1 Å². The monoisotopic (exact) mass is 637 g/mol. The lowest BCUT2D eigenvalue weighted by Gasteiger charge is -2.26. The summed E-state index contributed by atoms with van der Waals surface area (Å²) < 4.78 is 73.3. The van der Waals surface area contributed by atoms with Crippen molar-refractivity contribution in [3.05, 3.63) is 114 Å². The van der Waals surface area contributed by atoms with Crippen molar-refractivity contribution in [1.29, 1.82) is 0 Å². The number of anilines is 2. The number of para-hydroxylation sites is 1. The van der Waals surface area contributed by atoms with Gasteiger partial charge in [0.15, 0.2) is 0 Å². The van der Waals surface area contributed by atoms with Crippen LogP contribution < -0.4 is 14.9 Å². The molecule has 0 saturated carbocycles. The number of amides is 1. The molecule has 0 radical (unpaired) electrons. The van der Waals surface area contributed by atoms with Gasteiger partial charge in [0, 0.05) is 25.2 Å². The maximum Gasteiger partial charge on any atom is 0.416 e. The number of hydrogen-bond acceptors (Lipinski definition) is 6. The third-order valence-corrected chi connectivity index (χ3v) is 9.31. The minimum atomic E-state index is -4.51. The second kappa shape index (κ2) is 13.0. The van der Waals surface area contributed by atoms with Crippen molar-refractivity contribution in [2.24, 2.45) is 0 Å². The van der Waals surface area contributed by atoms with Gasteiger partial charge in [-0.2, -0.15) is 13.2 Å². The van der Waals surface area contributed by atoms with Crippen LogP contribution in [-0.2, 0) is 43.5 Å². The van der Waals surface area contributed by atoms with E-state index in [1.54, 1.807) is 24.3 Å². The molecule has 0 bridgehead atoms. The molecular formula is C33H30F3N3O5S. The highest BCUT2D eigenvalue weighted by Crippen LogP contribution is 2.38. The topological polar surface area (TPSA) is 105 Å². The fourth-order valence-corrected chi connectivity index (χ4v) is 6.77. The number of rotatable bonds is 10. The lowest BCUT2D eigenvalue weighted by atomic mass is 10.0. The second-order valence-electron chi connectivity index (χ2n) is 10.4. The molecule has 4 aromatic carbocycles. The fourth-order valence-electron chi connectivity index (χ4n) is 5.12. The van der Waals surface area contributed by atoms with Crippen LogP contribution in [-0.4, -0.2) is 40.0 Å². The van der Waals surface area contributed by atoms with E-state index in [4.69, 9.17) is 0 Å². The van der Waals surface area contributed by atoms with E-state index in [1.165, 1.54) is 43.5 Å². The fraction of sp³-hybridized carbons (Fsp3) is 0.212. The van der Waals surface area contributed by atoms with Crippen LogP contribution in [0.4, 0.5) is 24.5 Å². The zero-order chi connectivity index (χ0) is 32.2. The zero-order valence-corrected chi connectivity index (χ0v) is 25.0. The number of benzene rings is 4. The maximum atomic E-state index is 14.0. The number of sulfonamides is 1. The number of ether oxygens (including phenoxy) is 1. The first-order chi connectivity index (χ1) is 21.5. The summed E-state index contributed by atoms with van der Waals surface area (Å²) in [5.74, 6) is -0.797. The molecule has 8 nitrogen and oxygen atoms in total. The quantitative estimate of drug-likeness (QED) is 0.214. The number of methoxy groups -OCH3 is 1. The summed E-state index contributed by atoms with van der Waals surface area (Å²) in [6, 6.07) is 23.4. The number of nitrogens with zero attached hydrogens (tertiary/aromatic N) is 1. The molecule has 0 saturated heterocycles. The summed E-state index contributed by atoms with van der Waals surface area (Å²) in [5, 5.41) is 5.95. The standard InChI is InChI=1S/C33H30F3N3O5S/c1-44-31(40)17-18-37-27-13-9-22(10-14-27)21-38-32(41)30-20-25-5-2-3-8-29(25)39(30)45(42,43)28-15-11-23(12-16-28)24-6-4-7-26(19-24)33(34,35)36/h2-16,19,30,37H,17-18,20-21H2,1H3,(H,38,41)/t30-/m0/s1. The van der Waals surface area contributed by atoms with Gasteiger partial charge in [-0.25, -0.2) is 8.42 Å². The number of carbonyl (C=O) groups excluding carboxylic acids is 2. The Morgan fingerprint density at radius 1 is 0.911 bits per heavy atom. The van der Waals surface area contributed by atoms with Crippen LogP contribution in [0.3, 0.4) is 0 Å². The summed E-state index contributed by atoms with van der Waals surface area (Å²) >= 11 is 0. The molecule has 12 heteroatoms. The van der Waals surface area contributed by atoms with E-state index in [9.17, 15) is 31.2 Å². The highest BCUT2D eigenvalue weighted by atomic mass is 32.2. The average Bonchev–Trinajstić information content (AvgIpc) is 3.45. The Balaban J connectivity index is 1.31. The Labute approximate surface area is 258 Å². The molecule has 1 amide bonds. The lowest BCUT2D eigenvalue weighted by Crippen LogP contribution is -2.47. The summed E-state index contributed by atoms with van der Waals surface area (Å²) in [6.45, 7) is 0.566. The molecule has 4 aromatic rings. The number of alkyl halides is 3. The predicted molar refractivity (Wildman–Crippen MR) is 164 cm³/mol. The van der Waals surface area contributed by atoms with Crippen LogP contribution in [0.2, 0.25) is 0 Å². The van der Waals surface area contributed by atoms with Gasteiger partial charge in [0.05, 0.1) is 29.7 Å². The molecular weight excluding hydrogens is 607 g/mol. The van der Waals surface area contributed by atoms with Crippen molar-refractivity contribution in [2.75, 3.05) is 23.3 Å². The third-order valence-electron chi connectivity index (χ3n) is 7.47. The van der Waals surface area contributed by atoms with Crippen molar-refractivity contribution >= 4 is 33.3 Å². The van der Waals surface area contributed by atoms with Crippen LogP contribution in [0.25, 0.3) is 11.1 Å². The largest absolute Gasteiger partial charge is 0.469 e. The van der Waals surface area contributed by atoms with Crippen LogP contribution in [0, 0.1) is 0 Å². The number of carbonyl (C=O) groups is 2. The van der Waals surface area contributed by atoms with Crippen molar-refractivity contribution in [2.45, 2.75) is 36.5 Å². The molecule has 1 aliphatic heterocycles. The Bertz CT molecular complexity index is 1790. The van der Waals surface area contributed by atoms with Gasteiger partial charge in [-0.15, -0.1) is 0 Å². The third kappa shape index (κ3) is 7.12. The molecule has 0 unspecified atom stereocenters. The maximum absolute atomic E-state index is 14.0. The highest BCUT2D eigenvalue weighted by molar-refractivity contribution is 7.93. The molecule has 5 rings (SSSR count). The van der Waals surface area contributed by atoms with Crippen molar-refractivity contribution in [1.82, 2.24) is 5.32 Å². The molecule has 234 valence electrons. The van der Waals surface area contributed by atoms with E-state index in [0.29, 0.717) is 28.9 Å². The van der Waals surface area contributed by atoms with Gasteiger partial charge in [-0.1, -0.05) is 54.6 Å². The van der Waals surface area contributed by atoms with Gasteiger partial charge >= 0.3 is 12.1 Å². The van der Waals surface area contributed by atoms with E-state index in [1.807, 2.05) is 24.3 Å². The van der Waals surface area contributed by atoms with E-state index < -0.39 is 33.7 Å². The Hall–Kier alpha value is -4.84. The lowest BCUT2D eigenvalue weighted by molar-refractivity contribution is -0.140. The SMILES string of the molecule is COC(=O)CCNc1ccc(CNC(=O)[C@@H]2Cc3ccccc3N2S(=O)(=O)c2ccc(-c3cccc(C(F)(F)F)c3)cc2)cc1. The van der Waals surface area contributed by atoms with Gasteiger partial charge in [0.25, 0.3) is 10.0 Å². The molecule has 2 N–H and O–H groups in total. The Kier molecular flexibility index (Phi) is 9.14. The first kappa shape index (κ1) is 31.6. The minimum absolute atomic E-state index is 0.0944. The second-order valence-corrected chi connectivity index (χ2v) is 12.2. The van der Waals surface area contributed by atoms with E-state index >= 15 is 0 Å². The Morgan fingerprint density at radius 3 is 2.31 bits per heavy atom. The zero-order valence-electron chi connectivity index (χ0n) is 24.2. The van der Waals surface area contributed by atoms with Crippen LogP contribution in [0.5, 0.6) is 0 Å².